The van der Waals surface area contributed by atoms with E-state index in [1.54, 1.807) is 16.8 Å². The molecule has 1 aromatic heterocycles. The van der Waals surface area contributed by atoms with Crippen molar-refractivity contribution in [2.45, 2.75) is 6.10 Å². The van der Waals surface area contributed by atoms with Gasteiger partial charge >= 0.3 is 12.1 Å². The van der Waals surface area contributed by atoms with Gasteiger partial charge in [-0.3, -0.25) is 4.79 Å². The number of amides is 4. The van der Waals surface area contributed by atoms with Crippen LogP contribution in [0.1, 0.15) is 11.7 Å². The predicted molar refractivity (Wildman–Crippen MR) is 54.8 cm³/mol. The lowest BCUT2D eigenvalue weighted by atomic mass is 10.2. The quantitative estimate of drug-likeness (QED) is 0.797. The molecular formula is C9H8N2O4S. The highest BCUT2D eigenvalue weighted by Crippen LogP contribution is 2.28. The summed E-state index contributed by atoms with van der Waals surface area (Å²) in [5.74, 6) is -0.664. The SMILES string of the molecule is CNC(=O)N1C(=O)OC(c2ccsc2)C1=O. The first-order valence-corrected chi connectivity index (χ1v) is 5.38. The Morgan fingerprint density at radius 1 is 1.56 bits per heavy atom. The van der Waals surface area contributed by atoms with E-state index in [4.69, 9.17) is 4.74 Å². The summed E-state index contributed by atoms with van der Waals surface area (Å²) in [5, 5.41) is 5.66. The Labute approximate surface area is 94.8 Å². The molecule has 1 fully saturated rings. The van der Waals surface area contributed by atoms with E-state index in [0.717, 1.165) is 0 Å². The summed E-state index contributed by atoms with van der Waals surface area (Å²) in [6.45, 7) is 0. The lowest BCUT2D eigenvalue weighted by molar-refractivity contribution is -0.128. The normalized spacial score (nSPS) is 19.8. The highest BCUT2D eigenvalue weighted by Gasteiger charge is 2.45. The lowest BCUT2D eigenvalue weighted by Crippen LogP contribution is -2.41. The third kappa shape index (κ3) is 1.54. The van der Waals surface area contributed by atoms with E-state index in [0.29, 0.717) is 10.5 Å². The van der Waals surface area contributed by atoms with Crippen molar-refractivity contribution in [3.05, 3.63) is 22.4 Å². The number of hydrogen-bond donors (Lipinski definition) is 1. The minimum atomic E-state index is -1.00. The number of imide groups is 3. The van der Waals surface area contributed by atoms with E-state index in [1.807, 2.05) is 0 Å². The fourth-order valence-corrected chi connectivity index (χ4v) is 2.01. The van der Waals surface area contributed by atoms with Gasteiger partial charge in [-0.05, 0) is 16.8 Å². The average Bonchev–Trinajstić information content (AvgIpc) is 2.86. The molecule has 4 amide bonds. The summed E-state index contributed by atoms with van der Waals surface area (Å²) < 4.78 is 4.84. The van der Waals surface area contributed by atoms with Gasteiger partial charge in [-0.15, -0.1) is 0 Å². The van der Waals surface area contributed by atoms with Crippen LogP contribution in [0.3, 0.4) is 0 Å². The second kappa shape index (κ2) is 3.93. The van der Waals surface area contributed by atoms with Gasteiger partial charge in [0.1, 0.15) is 0 Å². The second-order valence-electron chi connectivity index (χ2n) is 3.05. The Bertz CT molecular complexity index is 442. The molecular weight excluding hydrogens is 232 g/mol. The van der Waals surface area contributed by atoms with E-state index < -0.39 is 24.1 Å². The number of carbonyl (C=O) groups is 3. The van der Waals surface area contributed by atoms with Gasteiger partial charge in [0.25, 0.3) is 5.91 Å². The van der Waals surface area contributed by atoms with Gasteiger partial charge in [-0.25, -0.2) is 9.59 Å². The van der Waals surface area contributed by atoms with Crippen LogP contribution in [0.5, 0.6) is 0 Å². The molecule has 2 rings (SSSR count). The monoisotopic (exact) mass is 240 g/mol. The Hall–Kier alpha value is -1.89. The number of nitrogens with zero attached hydrogens (tertiary/aromatic N) is 1. The van der Waals surface area contributed by atoms with Crippen molar-refractivity contribution in [2.24, 2.45) is 0 Å². The van der Waals surface area contributed by atoms with Gasteiger partial charge in [0, 0.05) is 12.6 Å². The molecule has 0 radical (unpaired) electrons. The number of thiophene rings is 1. The van der Waals surface area contributed by atoms with Crippen LogP contribution in [0.2, 0.25) is 0 Å². The summed E-state index contributed by atoms with van der Waals surface area (Å²) in [6.07, 6.45) is -1.95. The molecule has 6 nitrogen and oxygen atoms in total. The Kier molecular flexibility index (Phi) is 2.61. The molecule has 1 aromatic rings. The number of cyclic esters (lactones) is 1. The number of rotatable bonds is 1. The highest BCUT2D eigenvalue weighted by molar-refractivity contribution is 7.08. The predicted octanol–water partition coefficient (Wildman–Crippen LogP) is 1.11. The Morgan fingerprint density at radius 3 is 2.88 bits per heavy atom. The average molecular weight is 240 g/mol. The maximum atomic E-state index is 11.7. The summed E-state index contributed by atoms with van der Waals surface area (Å²) in [6, 6.07) is 0.890. The zero-order chi connectivity index (χ0) is 11.7. The van der Waals surface area contributed by atoms with Gasteiger partial charge in [-0.1, -0.05) is 0 Å². The van der Waals surface area contributed by atoms with Gasteiger partial charge in [0.05, 0.1) is 0 Å². The van der Waals surface area contributed by atoms with E-state index >= 15 is 0 Å². The van der Waals surface area contributed by atoms with Crippen LogP contribution in [-0.2, 0) is 9.53 Å². The van der Waals surface area contributed by atoms with Crippen molar-refractivity contribution < 1.29 is 19.1 Å². The largest absolute Gasteiger partial charge is 0.430 e. The summed E-state index contributed by atoms with van der Waals surface area (Å²) in [7, 11) is 1.33. The zero-order valence-corrected chi connectivity index (χ0v) is 9.11. The lowest BCUT2D eigenvalue weighted by Gasteiger charge is -2.07. The third-order valence-corrected chi connectivity index (χ3v) is 2.81. The maximum absolute atomic E-state index is 11.7. The van der Waals surface area contributed by atoms with Gasteiger partial charge < -0.3 is 10.1 Å². The van der Waals surface area contributed by atoms with Gasteiger partial charge in [-0.2, -0.15) is 16.2 Å². The maximum Gasteiger partial charge on any atom is 0.426 e. The molecule has 84 valence electrons. The Morgan fingerprint density at radius 2 is 2.31 bits per heavy atom. The van der Waals surface area contributed by atoms with Gasteiger partial charge in [0.2, 0.25) is 6.10 Å². The molecule has 16 heavy (non-hydrogen) atoms. The summed E-state index contributed by atoms with van der Waals surface area (Å²) in [4.78, 5) is 34.8. The van der Waals surface area contributed by atoms with Crippen molar-refractivity contribution in [1.29, 1.82) is 0 Å². The molecule has 1 unspecified atom stereocenters. The number of hydrogen-bond acceptors (Lipinski definition) is 5. The molecule has 2 heterocycles. The highest BCUT2D eigenvalue weighted by atomic mass is 32.1. The number of ether oxygens (including phenoxy) is 1. The Balaban J connectivity index is 2.26. The molecule has 0 aliphatic carbocycles. The van der Waals surface area contributed by atoms with Crippen molar-refractivity contribution in [3.63, 3.8) is 0 Å². The number of carbonyl (C=O) groups excluding carboxylic acids is 3. The topological polar surface area (TPSA) is 75.7 Å². The molecule has 1 N–H and O–H groups in total. The van der Waals surface area contributed by atoms with Gasteiger partial charge in [0.15, 0.2) is 0 Å². The van der Waals surface area contributed by atoms with Crippen LogP contribution in [0.25, 0.3) is 0 Å². The van der Waals surface area contributed by atoms with Crippen molar-refractivity contribution >= 4 is 29.4 Å². The molecule has 1 atom stereocenters. The minimum absolute atomic E-state index is 0.461. The van der Waals surface area contributed by atoms with Crippen LogP contribution in [0.15, 0.2) is 16.8 Å². The molecule has 1 aliphatic heterocycles. The first-order chi connectivity index (χ1) is 7.65. The van der Waals surface area contributed by atoms with Crippen molar-refractivity contribution in [3.8, 4) is 0 Å². The molecule has 0 bridgehead atoms. The first kappa shape index (κ1) is 10.6. The van der Waals surface area contributed by atoms with Crippen LogP contribution < -0.4 is 5.32 Å². The van der Waals surface area contributed by atoms with E-state index in [9.17, 15) is 14.4 Å². The van der Waals surface area contributed by atoms with Crippen LogP contribution in [0.4, 0.5) is 9.59 Å². The number of nitrogens with one attached hydrogen (secondary N) is 1. The molecule has 0 spiro atoms. The number of urea groups is 1. The molecule has 1 aliphatic rings. The van der Waals surface area contributed by atoms with Crippen molar-refractivity contribution in [2.75, 3.05) is 7.05 Å². The molecule has 0 aromatic carbocycles. The van der Waals surface area contributed by atoms with Crippen LogP contribution in [0, 0.1) is 0 Å². The fourth-order valence-electron chi connectivity index (χ4n) is 1.34. The molecule has 1 saturated heterocycles. The summed E-state index contributed by atoms with van der Waals surface area (Å²) in [5.41, 5.74) is 0.578. The van der Waals surface area contributed by atoms with Crippen molar-refractivity contribution in [1.82, 2.24) is 10.2 Å². The second-order valence-corrected chi connectivity index (χ2v) is 3.83. The van der Waals surface area contributed by atoms with E-state index in [-0.39, 0.29) is 0 Å². The van der Waals surface area contributed by atoms with Crippen LogP contribution >= 0.6 is 11.3 Å². The standard InChI is InChI=1S/C9H8N2O4S/c1-10-8(13)11-7(12)6(15-9(11)14)5-2-3-16-4-5/h2-4,6H,1H3,(H,10,13). The smallest absolute Gasteiger partial charge is 0.426 e. The minimum Gasteiger partial charge on any atom is -0.430 e. The molecule has 0 saturated carbocycles. The van der Waals surface area contributed by atoms with E-state index in [1.165, 1.54) is 18.4 Å². The van der Waals surface area contributed by atoms with E-state index in [2.05, 4.69) is 5.32 Å². The fraction of sp³-hybridized carbons (Fsp3) is 0.222. The zero-order valence-electron chi connectivity index (χ0n) is 8.30. The summed E-state index contributed by atoms with van der Waals surface area (Å²) >= 11 is 1.38. The van der Waals surface area contributed by atoms with Crippen LogP contribution in [-0.4, -0.2) is 30.0 Å². The molecule has 7 heteroatoms. The third-order valence-electron chi connectivity index (χ3n) is 2.11. The first-order valence-electron chi connectivity index (χ1n) is 4.43.